The molecular formula is C14H14FN. The zero-order valence-corrected chi connectivity index (χ0v) is 8.99. The SMILES string of the molecule is NC/C(=C/F)Cc1ccc2ccccc2c1. The molecule has 0 aliphatic carbocycles. The van der Waals surface area contributed by atoms with Gasteiger partial charge in [-0.15, -0.1) is 0 Å². The largest absolute Gasteiger partial charge is 0.327 e. The maximum atomic E-state index is 12.4. The molecule has 0 unspecified atom stereocenters. The Balaban J connectivity index is 2.32. The highest BCUT2D eigenvalue weighted by Crippen LogP contribution is 2.17. The monoisotopic (exact) mass is 215 g/mol. The summed E-state index contributed by atoms with van der Waals surface area (Å²) in [7, 11) is 0. The van der Waals surface area contributed by atoms with Crippen LogP contribution in [-0.4, -0.2) is 6.54 Å². The van der Waals surface area contributed by atoms with E-state index in [2.05, 4.69) is 24.3 Å². The highest BCUT2D eigenvalue weighted by Gasteiger charge is 1.99. The van der Waals surface area contributed by atoms with Gasteiger partial charge in [0.2, 0.25) is 0 Å². The van der Waals surface area contributed by atoms with Gasteiger partial charge in [0.05, 0.1) is 6.33 Å². The van der Waals surface area contributed by atoms with Crippen LogP contribution < -0.4 is 5.73 Å². The molecule has 0 aliphatic rings. The third-order valence-corrected chi connectivity index (χ3v) is 2.66. The van der Waals surface area contributed by atoms with Crippen LogP contribution in [0, 0.1) is 0 Å². The van der Waals surface area contributed by atoms with Gasteiger partial charge in [0.25, 0.3) is 0 Å². The Morgan fingerprint density at radius 2 is 1.88 bits per heavy atom. The Morgan fingerprint density at radius 1 is 1.12 bits per heavy atom. The van der Waals surface area contributed by atoms with E-state index in [1.807, 2.05) is 18.2 Å². The van der Waals surface area contributed by atoms with Crippen molar-refractivity contribution in [3.05, 3.63) is 59.9 Å². The van der Waals surface area contributed by atoms with E-state index < -0.39 is 0 Å². The van der Waals surface area contributed by atoms with E-state index in [1.54, 1.807) is 0 Å². The van der Waals surface area contributed by atoms with E-state index in [0.717, 1.165) is 5.56 Å². The summed E-state index contributed by atoms with van der Waals surface area (Å²) in [6.07, 6.45) is 1.19. The quantitative estimate of drug-likeness (QED) is 0.836. The van der Waals surface area contributed by atoms with Crippen LogP contribution in [0.5, 0.6) is 0 Å². The third kappa shape index (κ3) is 2.28. The van der Waals surface area contributed by atoms with Gasteiger partial charge in [-0.25, -0.2) is 4.39 Å². The van der Waals surface area contributed by atoms with Gasteiger partial charge >= 0.3 is 0 Å². The van der Waals surface area contributed by atoms with Crippen molar-refractivity contribution in [1.29, 1.82) is 0 Å². The van der Waals surface area contributed by atoms with Crippen LogP contribution in [0.1, 0.15) is 5.56 Å². The summed E-state index contributed by atoms with van der Waals surface area (Å²) in [6.45, 7) is 0.267. The fourth-order valence-electron chi connectivity index (χ4n) is 1.77. The summed E-state index contributed by atoms with van der Waals surface area (Å²) in [6, 6.07) is 14.3. The molecule has 2 aromatic carbocycles. The standard InChI is InChI=1S/C14H14FN/c15-9-12(10-16)7-11-5-6-13-3-1-2-4-14(13)8-11/h1-6,8-9H,7,10,16H2/b12-9+. The van der Waals surface area contributed by atoms with Gasteiger partial charge in [0, 0.05) is 6.54 Å². The van der Waals surface area contributed by atoms with Gasteiger partial charge in [-0.3, -0.25) is 0 Å². The van der Waals surface area contributed by atoms with Gasteiger partial charge < -0.3 is 5.73 Å². The van der Waals surface area contributed by atoms with Gasteiger partial charge in [-0.1, -0.05) is 42.5 Å². The molecule has 2 N–H and O–H groups in total. The summed E-state index contributed by atoms with van der Waals surface area (Å²) in [5.74, 6) is 0. The molecule has 82 valence electrons. The highest BCUT2D eigenvalue weighted by atomic mass is 19.1. The molecule has 1 nitrogen and oxygen atoms in total. The molecular weight excluding hydrogens is 201 g/mol. The summed E-state index contributed by atoms with van der Waals surface area (Å²) < 4.78 is 12.4. The second-order valence-corrected chi connectivity index (χ2v) is 3.83. The van der Waals surface area contributed by atoms with Gasteiger partial charge in [0.1, 0.15) is 0 Å². The molecule has 0 fully saturated rings. The van der Waals surface area contributed by atoms with Crippen LogP contribution in [0.15, 0.2) is 54.4 Å². The molecule has 0 bridgehead atoms. The van der Waals surface area contributed by atoms with E-state index in [0.29, 0.717) is 18.3 Å². The number of fused-ring (bicyclic) bond motifs is 1. The molecule has 16 heavy (non-hydrogen) atoms. The molecule has 0 spiro atoms. The lowest BCUT2D eigenvalue weighted by molar-refractivity contribution is 0.700. The average Bonchev–Trinajstić information content (AvgIpc) is 2.35. The molecule has 0 atom stereocenters. The maximum Gasteiger partial charge on any atom is 0.0875 e. The van der Waals surface area contributed by atoms with Crippen LogP contribution in [0.2, 0.25) is 0 Å². The van der Waals surface area contributed by atoms with Crippen molar-refractivity contribution in [2.75, 3.05) is 6.54 Å². The first kappa shape index (κ1) is 10.8. The zero-order chi connectivity index (χ0) is 11.4. The molecule has 2 aromatic rings. The number of benzene rings is 2. The Morgan fingerprint density at radius 3 is 2.56 bits per heavy atom. The minimum Gasteiger partial charge on any atom is -0.327 e. The summed E-state index contributed by atoms with van der Waals surface area (Å²) in [4.78, 5) is 0. The lowest BCUT2D eigenvalue weighted by atomic mass is 10.0. The second kappa shape index (κ2) is 4.90. The van der Waals surface area contributed by atoms with E-state index in [9.17, 15) is 4.39 Å². The normalized spacial score (nSPS) is 12.0. The number of halogens is 1. The number of nitrogens with two attached hydrogens (primary N) is 1. The lowest BCUT2D eigenvalue weighted by Crippen LogP contribution is -2.05. The van der Waals surface area contributed by atoms with Crippen LogP contribution in [0.4, 0.5) is 4.39 Å². The molecule has 0 saturated carbocycles. The van der Waals surface area contributed by atoms with Crippen LogP contribution >= 0.6 is 0 Å². The molecule has 0 aliphatic heterocycles. The summed E-state index contributed by atoms with van der Waals surface area (Å²) in [5, 5.41) is 2.38. The molecule has 0 saturated heterocycles. The van der Waals surface area contributed by atoms with Crippen molar-refractivity contribution < 1.29 is 4.39 Å². The maximum absolute atomic E-state index is 12.4. The Hall–Kier alpha value is -1.67. The van der Waals surface area contributed by atoms with Crippen molar-refractivity contribution in [3.8, 4) is 0 Å². The first-order valence-corrected chi connectivity index (χ1v) is 5.29. The smallest absolute Gasteiger partial charge is 0.0875 e. The number of hydrogen-bond donors (Lipinski definition) is 1. The molecule has 0 radical (unpaired) electrons. The molecule has 2 heteroatoms. The molecule has 2 rings (SSSR count). The van der Waals surface area contributed by atoms with Crippen LogP contribution in [-0.2, 0) is 6.42 Å². The Bertz CT molecular complexity index is 517. The molecule has 0 amide bonds. The average molecular weight is 215 g/mol. The lowest BCUT2D eigenvalue weighted by Gasteiger charge is -2.05. The Kier molecular flexibility index (Phi) is 3.32. The predicted molar refractivity (Wildman–Crippen MR) is 65.9 cm³/mol. The van der Waals surface area contributed by atoms with Crippen molar-refractivity contribution in [2.45, 2.75) is 6.42 Å². The molecule has 0 heterocycles. The highest BCUT2D eigenvalue weighted by molar-refractivity contribution is 5.83. The minimum atomic E-state index is 0.267. The van der Waals surface area contributed by atoms with E-state index in [-0.39, 0.29) is 6.54 Å². The van der Waals surface area contributed by atoms with Crippen molar-refractivity contribution in [1.82, 2.24) is 0 Å². The van der Waals surface area contributed by atoms with Crippen LogP contribution in [0.25, 0.3) is 10.8 Å². The summed E-state index contributed by atoms with van der Waals surface area (Å²) >= 11 is 0. The fraction of sp³-hybridized carbons (Fsp3) is 0.143. The van der Waals surface area contributed by atoms with Crippen molar-refractivity contribution in [2.24, 2.45) is 5.73 Å². The van der Waals surface area contributed by atoms with E-state index >= 15 is 0 Å². The predicted octanol–water partition coefficient (Wildman–Crippen LogP) is 3.19. The first-order chi connectivity index (χ1) is 7.83. The third-order valence-electron chi connectivity index (χ3n) is 2.66. The zero-order valence-electron chi connectivity index (χ0n) is 8.99. The van der Waals surface area contributed by atoms with Gasteiger partial charge in [-0.2, -0.15) is 0 Å². The Labute approximate surface area is 94.4 Å². The number of rotatable bonds is 3. The second-order valence-electron chi connectivity index (χ2n) is 3.83. The number of hydrogen-bond acceptors (Lipinski definition) is 1. The first-order valence-electron chi connectivity index (χ1n) is 5.29. The van der Waals surface area contributed by atoms with Gasteiger partial charge in [0.15, 0.2) is 0 Å². The van der Waals surface area contributed by atoms with Crippen molar-refractivity contribution in [3.63, 3.8) is 0 Å². The molecule has 0 aromatic heterocycles. The van der Waals surface area contributed by atoms with E-state index in [1.165, 1.54) is 10.8 Å². The fourth-order valence-corrected chi connectivity index (χ4v) is 1.77. The van der Waals surface area contributed by atoms with E-state index in [4.69, 9.17) is 5.73 Å². The minimum absolute atomic E-state index is 0.267. The topological polar surface area (TPSA) is 26.0 Å². The van der Waals surface area contributed by atoms with Crippen molar-refractivity contribution >= 4 is 10.8 Å². The van der Waals surface area contributed by atoms with Gasteiger partial charge in [-0.05, 0) is 28.3 Å². The summed E-state index contributed by atoms with van der Waals surface area (Å²) in [5.41, 5.74) is 7.15. The van der Waals surface area contributed by atoms with Crippen LogP contribution in [0.3, 0.4) is 0 Å².